The summed E-state index contributed by atoms with van der Waals surface area (Å²) in [6, 6.07) is 28.9. The zero-order valence-electron chi connectivity index (χ0n) is 28.8. The van der Waals surface area contributed by atoms with E-state index in [4.69, 9.17) is 0 Å². The van der Waals surface area contributed by atoms with E-state index in [2.05, 4.69) is 20.9 Å². The summed E-state index contributed by atoms with van der Waals surface area (Å²) in [6.07, 6.45) is 9.37. The molecule has 49 heavy (non-hydrogen) atoms. The van der Waals surface area contributed by atoms with Crippen molar-refractivity contribution in [2.45, 2.75) is 75.7 Å². The van der Waals surface area contributed by atoms with Crippen LogP contribution in [0.15, 0.2) is 91.0 Å². The molecular formula is C41H54N4O4. The van der Waals surface area contributed by atoms with Crippen LogP contribution in [-0.4, -0.2) is 73.1 Å². The lowest BCUT2D eigenvalue weighted by Gasteiger charge is -2.36. The van der Waals surface area contributed by atoms with Crippen molar-refractivity contribution in [1.29, 1.82) is 0 Å². The molecule has 1 aliphatic heterocycles. The maximum absolute atomic E-state index is 13.9. The minimum Gasteiger partial charge on any atom is -0.396 e. The number of nitrogens with one attached hydrogen (secondary N) is 3. The third-order valence-electron chi connectivity index (χ3n) is 10.4. The van der Waals surface area contributed by atoms with Gasteiger partial charge in [-0.15, -0.1) is 0 Å². The van der Waals surface area contributed by atoms with Gasteiger partial charge in [0, 0.05) is 45.6 Å². The second kappa shape index (κ2) is 18.7. The molecule has 3 amide bonds. The lowest BCUT2D eigenvalue weighted by molar-refractivity contribution is -0.130. The second-order valence-corrected chi connectivity index (χ2v) is 13.9. The molecule has 262 valence electrons. The molecule has 1 saturated carbocycles. The Morgan fingerprint density at radius 1 is 0.735 bits per heavy atom. The molecule has 8 heteroatoms. The maximum atomic E-state index is 13.9. The number of hydrogen-bond donors (Lipinski definition) is 4. The van der Waals surface area contributed by atoms with Gasteiger partial charge < -0.3 is 26.0 Å². The number of likely N-dealkylation sites (tertiary alicyclic amines) is 1. The summed E-state index contributed by atoms with van der Waals surface area (Å²) < 4.78 is 0. The van der Waals surface area contributed by atoms with Gasteiger partial charge in [0.1, 0.15) is 6.04 Å². The zero-order chi connectivity index (χ0) is 34.3. The predicted octanol–water partition coefficient (Wildman–Crippen LogP) is 5.19. The second-order valence-electron chi connectivity index (χ2n) is 13.9. The Kier molecular flexibility index (Phi) is 13.8. The van der Waals surface area contributed by atoms with Gasteiger partial charge in [0.2, 0.25) is 17.7 Å². The highest BCUT2D eigenvalue weighted by Crippen LogP contribution is 2.42. The number of rotatable bonds is 16. The minimum atomic E-state index is -0.932. The van der Waals surface area contributed by atoms with Gasteiger partial charge in [-0.2, -0.15) is 0 Å². The normalized spacial score (nSPS) is 17.9. The number of nitrogens with zero attached hydrogens (tertiary/aromatic N) is 1. The molecule has 3 aromatic rings. The third-order valence-corrected chi connectivity index (χ3v) is 10.4. The van der Waals surface area contributed by atoms with Gasteiger partial charge in [-0.05, 0) is 67.2 Å². The standard InChI is InChI=1S/C41H54N4O4/c46-27-24-37(40(49)42-25-23-38(47)43-29-33-16-13-26-45(31-33)30-32-14-5-1-6-15-32)44-39(48)28-41(34-17-7-2-8-18-34,35-19-9-3-10-20-35)36-21-11-4-12-22-36/h2-4,7-12,17-22,32-33,37,46H,1,5-6,13-16,23-31H2,(H,42,49)(H,43,47)(H,44,48)/t33?,37-/m0/s1. The van der Waals surface area contributed by atoms with Crippen molar-refractivity contribution in [3.8, 4) is 0 Å². The van der Waals surface area contributed by atoms with Gasteiger partial charge in [0.15, 0.2) is 0 Å². The number of carbonyl (C=O) groups is 3. The van der Waals surface area contributed by atoms with Crippen LogP contribution >= 0.6 is 0 Å². The first-order chi connectivity index (χ1) is 24.0. The van der Waals surface area contributed by atoms with Crippen LogP contribution in [0, 0.1) is 11.8 Å². The number of amides is 3. The van der Waals surface area contributed by atoms with Crippen LogP contribution in [-0.2, 0) is 19.8 Å². The number of carbonyl (C=O) groups excluding carboxylic acids is 3. The molecule has 0 spiro atoms. The van der Waals surface area contributed by atoms with Crippen LogP contribution in [0.2, 0.25) is 0 Å². The van der Waals surface area contributed by atoms with E-state index in [0.717, 1.165) is 42.1 Å². The largest absolute Gasteiger partial charge is 0.396 e. The molecule has 0 bridgehead atoms. The van der Waals surface area contributed by atoms with Gasteiger partial charge >= 0.3 is 0 Å². The fourth-order valence-corrected chi connectivity index (χ4v) is 7.85. The maximum Gasteiger partial charge on any atom is 0.242 e. The average molecular weight is 667 g/mol. The molecule has 1 unspecified atom stereocenters. The summed E-state index contributed by atoms with van der Waals surface area (Å²) in [4.78, 5) is 42.4. The highest BCUT2D eigenvalue weighted by Gasteiger charge is 2.39. The van der Waals surface area contributed by atoms with Crippen molar-refractivity contribution >= 4 is 17.7 Å². The molecule has 3 aromatic carbocycles. The van der Waals surface area contributed by atoms with E-state index in [1.807, 2.05) is 91.0 Å². The van der Waals surface area contributed by atoms with Crippen LogP contribution in [0.4, 0.5) is 0 Å². The Hall–Kier alpha value is -4.01. The van der Waals surface area contributed by atoms with Crippen molar-refractivity contribution in [3.05, 3.63) is 108 Å². The molecule has 4 N–H and O–H groups in total. The molecule has 2 fully saturated rings. The summed E-state index contributed by atoms with van der Waals surface area (Å²) in [6.45, 7) is 3.93. The smallest absolute Gasteiger partial charge is 0.242 e. The molecule has 1 saturated heterocycles. The summed E-state index contributed by atoms with van der Waals surface area (Å²) >= 11 is 0. The molecule has 2 atom stereocenters. The van der Waals surface area contributed by atoms with Crippen molar-refractivity contribution in [3.63, 3.8) is 0 Å². The number of benzene rings is 3. The van der Waals surface area contributed by atoms with E-state index in [0.29, 0.717) is 12.5 Å². The Labute approximate surface area is 292 Å². The van der Waals surface area contributed by atoms with Crippen LogP contribution < -0.4 is 16.0 Å². The summed E-state index contributed by atoms with van der Waals surface area (Å²) in [5.74, 6) is 0.461. The fraction of sp³-hybridized carbons (Fsp3) is 0.488. The fourth-order valence-electron chi connectivity index (χ4n) is 7.85. The predicted molar refractivity (Wildman–Crippen MR) is 194 cm³/mol. The van der Waals surface area contributed by atoms with E-state index in [1.165, 1.54) is 45.1 Å². The average Bonchev–Trinajstić information content (AvgIpc) is 3.14. The first kappa shape index (κ1) is 36.3. The lowest BCUT2D eigenvalue weighted by Crippen LogP contribution is -2.49. The monoisotopic (exact) mass is 666 g/mol. The molecular weight excluding hydrogens is 612 g/mol. The van der Waals surface area contributed by atoms with Gasteiger partial charge in [-0.25, -0.2) is 0 Å². The highest BCUT2D eigenvalue weighted by atomic mass is 16.3. The van der Waals surface area contributed by atoms with Gasteiger partial charge in [-0.1, -0.05) is 110 Å². The third kappa shape index (κ3) is 10.2. The van der Waals surface area contributed by atoms with Gasteiger partial charge in [-0.3, -0.25) is 14.4 Å². The number of piperidine rings is 1. The first-order valence-electron chi connectivity index (χ1n) is 18.3. The van der Waals surface area contributed by atoms with E-state index in [-0.39, 0.29) is 44.2 Å². The van der Waals surface area contributed by atoms with Gasteiger partial charge in [0.05, 0.1) is 5.41 Å². The molecule has 5 rings (SSSR count). The summed E-state index contributed by atoms with van der Waals surface area (Å²) in [5, 5.41) is 18.6. The molecule has 0 radical (unpaired) electrons. The Morgan fingerprint density at radius 2 is 1.31 bits per heavy atom. The van der Waals surface area contributed by atoms with E-state index in [1.54, 1.807) is 0 Å². The van der Waals surface area contributed by atoms with Crippen molar-refractivity contribution in [2.24, 2.45) is 11.8 Å². The minimum absolute atomic E-state index is 0.0574. The Morgan fingerprint density at radius 3 is 1.88 bits per heavy atom. The van der Waals surface area contributed by atoms with Crippen LogP contribution in [0.1, 0.15) is 80.9 Å². The summed E-state index contributed by atoms with van der Waals surface area (Å²) in [7, 11) is 0. The molecule has 1 heterocycles. The van der Waals surface area contributed by atoms with E-state index >= 15 is 0 Å². The molecule has 1 aliphatic carbocycles. The van der Waals surface area contributed by atoms with Crippen LogP contribution in [0.25, 0.3) is 0 Å². The zero-order valence-corrected chi connectivity index (χ0v) is 28.8. The number of hydrogen-bond acceptors (Lipinski definition) is 5. The Balaban J connectivity index is 1.15. The van der Waals surface area contributed by atoms with E-state index < -0.39 is 17.4 Å². The molecule has 2 aliphatic rings. The van der Waals surface area contributed by atoms with Crippen LogP contribution in [0.3, 0.4) is 0 Å². The topological polar surface area (TPSA) is 111 Å². The molecule has 0 aromatic heterocycles. The van der Waals surface area contributed by atoms with Gasteiger partial charge in [0.25, 0.3) is 0 Å². The first-order valence-corrected chi connectivity index (χ1v) is 18.3. The van der Waals surface area contributed by atoms with Crippen LogP contribution in [0.5, 0.6) is 0 Å². The Bertz CT molecular complexity index is 1350. The lowest BCUT2D eigenvalue weighted by atomic mass is 9.67. The van der Waals surface area contributed by atoms with Crippen molar-refractivity contribution < 1.29 is 19.5 Å². The highest BCUT2D eigenvalue weighted by molar-refractivity contribution is 5.89. The number of aliphatic hydroxyl groups excluding tert-OH is 1. The summed E-state index contributed by atoms with van der Waals surface area (Å²) in [5.41, 5.74) is 2.07. The van der Waals surface area contributed by atoms with Crippen molar-refractivity contribution in [2.75, 3.05) is 39.3 Å². The van der Waals surface area contributed by atoms with Crippen molar-refractivity contribution in [1.82, 2.24) is 20.9 Å². The number of aliphatic hydroxyl groups is 1. The van der Waals surface area contributed by atoms with E-state index in [9.17, 15) is 19.5 Å². The molecule has 8 nitrogen and oxygen atoms in total. The SMILES string of the molecule is O=C(CCNC(=O)[C@H](CCO)NC(=O)CC(c1ccccc1)(c1ccccc1)c1ccccc1)NCC1CCCN(CC2CCCCC2)C1. The quantitative estimate of drug-likeness (QED) is 0.157.